The van der Waals surface area contributed by atoms with Crippen LogP contribution in [0.2, 0.25) is 0 Å². The first-order valence-electron chi connectivity index (χ1n) is 9.02. The van der Waals surface area contributed by atoms with Crippen molar-refractivity contribution in [3.63, 3.8) is 0 Å². The van der Waals surface area contributed by atoms with Crippen LogP contribution >= 0.6 is 0 Å². The molecule has 0 aliphatic carbocycles. The van der Waals surface area contributed by atoms with E-state index in [1.807, 2.05) is 11.8 Å². The first kappa shape index (κ1) is 23.7. The summed E-state index contributed by atoms with van der Waals surface area (Å²) >= 11 is 0. The maximum absolute atomic E-state index is 12.5. The Bertz CT molecular complexity index is 951. The zero-order valence-corrected chi connectivity index (χ0v) is 17.0. The Morgan fingerprint density at radius 2 is 1.63 bits per heavy atom. The first-order chi connectivity index (χ1) is 14.2. The fourth-order valence-corrected chi connectivity index (χ4v) is 3.33. The van der Waals surface area contributed by atoms with Gasteiger partial charge in [-0.2, -0.15) is 0 Å². The van der Waals surface area contributed by atoms with Crippen LogP contribution in [0.4, 0.5) is 5.69 Å². The summed E-state index contributed by atoms with van der Waals surface area (Å²) in [6, 6.07) is 12.2. The lowest BCUT2D eigenvalue weighted by Gasteiger charge is -2.22. The van der Waals surface area contributed by atoms with Gasteiger partial charge in [0.25, 0.3) is 15.9 Å². The molecule has 0 unspecified atom stereocenters. The number of sulfonamides is 1. The number of aryl methyl sites for hydroxylation is 1. The largest absolute Gasteiger partial charge is 0.394 e. The Kier molecular flexibility index (Phi) is 8.29. The van der Waals surface area contributed by atoms with Crippen LogP contribution in [0.25, 0.3) is 0 Å². The molecule has 164 valence electrons. The molecule has 0 bridgehead atoms. The maximum atomic E-state index is 12.5. The molecule has 10 nitrogen and oxygen atoms in total. The normalized spacial score (nSPS) is 14.6. The average Bonchev–Trinajstić information content (AvgIpc) is 2.75. The molecule has 0 heterocycles. The van der Waals surface area contributed by atoms with Crippen LogP contribution in [0.3, 0.4) is 0 Å². The Morgan fingerprint density at radius 3 is 2.27 bits per heavy atom. The van der Waals surface area contributed by atoms with Gasteiger partial charge in [-0.25, -0.2) is 8.42 Å². The second-order valence-electron chi connectivity index (χ2n) is 6.61. The highest BCUT2D eigenvalue weighted by molar-refractivity contribution is 7.89. The molecular weight excluding hydrogens is 414 g/mol. The highest BCUT2D eigenvalue weighted by atomic mass is 32.2. The summed E-state index contributed by atoms with van der Waals surface area (Å²) in [7, 11) is -3.97. The van der Waals surface area contributed by atoms with Crippen molar-refractivity contribution in [2.24, 2.45) is 0 Å². The molecule has 7 N–H and O–H groups in total. The number of amides is 1. The number of hydrogen-bond acceptors (Lipinski definition) is 8. The topological polar surface area (TPSA) is 168 Å². The Morgan fingerprint density at radius 1 is 1.00 bits per heavy atom. The molecular formula is C19H25N3O7S. The van der Waals surface area contributed by atoms with Crippen molar-refractivity contribution in [1.82, 2.24) is 10.3 Å². The number of hydrazine groups is 1. The van der Waals surface area contributed by atoms with E-state index in [4.69, 9.17) is 5.11 Å². The predicted octanol–water partition coefficient (Wildman–Crippen LogP) is -0.895. The number of carbonyl (C=O) groups is 1. The zero-order valence-electron chi connectivity index (χ0n) is 16.2. The molecule has 0 radical (unpaired) electrons. The minimum atomic E-state index is -3.97. The minimum absolute atomic E-state index is 0.0145. The summed E-state index contributed by atoms with van der Waals surface area (Å²) in [6.07, 6.45) is -4.54. The van der Waals surface area contributed by atoms with Gasteiger partial charge in [-0.1, -0.05) is 29.8 Å². The van der Waals surface area contributed by atoms with E-state index in [9.17, 15) is 28.5 Å². The molecule has 11 heteroatoms. The molecule has 0 aliphatic heterocycles. The van der Waals surface area contributed by atoms with Crippen molar-refractivity contribution >= 4 is 21.6 Å². The molecule has 30 heavy (non-hydrogen) atoms. The summed E-state index contributed by atoms with van der Waals surface area (Å²) in [6.45, 7) is 0.853. The van der Waals surface area contributed by atoms with E-state index in [2.05, 4.69) is 10.7 Å². The summed E-state index contributed by atoms with van der Waals surface area (Å²) in [4.78, 5) is 14.5. The van der Waals surface area contributed by atoms with Crippen molar-refractivity contribution in [1.29, 1.82) is 0 Å². The molecule has 2 aromatic carbocycles. The summed E-state index contributed by atoms with van der Waals surface area (Å²) in [5.41, 5.74) is 3.35. The molecule has 0 aromatic heterocycles. The van der Waals surface area contributed by atoms with Crippen molar-refractivity contribution in [3.05, 3.63) is 59.7 Å². The van der Waals surface area contributed by atoms with Crippen LogP contribution in [-0.4, -0.2) is 66.2 Å². The molecule has 0 aliphatic rings. The van der Waals surface area contributed by atoms with E-state index in [1.54, 1.807) is 24.3 Å². The van der Waals surface area contributed by atoms with E-state index in [-0.39, 0.29) is 22.7 Å². The van der Waals surface area contributed by atoms with E-state index in [0.717, 1.165) is 5.56 Å². The second kappa shape index (κ2) is 10.5. The van der Waals surface area contributed by atoms with Gasteiger partial charge in [0.05, 0.1) is 23.2 Å². The number of nitrogens with one attached hydrogen (secondary N) is 3. The average molecular weight is 439 g/mol. The van der Waals surface area contributed by atoms with Gasteiger partial charge >= 0.3 is 0 Å². The Labute approximate surface area is 174 Å². The van der Waals surface area contributed by atoms with Gasteiger partial charge in [-0.05, 0) is 31.2 Å². The predicted molar refractivity (Wildman–Crippen MR) is 109 cm³/mol. The number of hydrogen-bond donors (Lipinski definition) is 7. The lowest BCUT2D eigenvalue weighted by molar-refractivity contribution is -0.0715. The third kappa shape index (κ3) is 6.23. The summed E-state index contributed by atoms with van der Waals surface area (Å²) in [5, 5.41) is 40.5. The zero-order chi connectivity index (χ0) is 22.3. The monoisotopic (exact) mass is 439 g/mol. The van der Waals surface area contributed by atoms with Crippen LogP contribution in [0, 0.1) is 6.92 Å². The van der Waals surface area contributed by atoms with Crippen molar-refractivity contribution < 1.29 is 33.6 Å². The quantitative estimate of drug-likeness (QED) is 0.234. The van der Waals surface area contributed by atoms with Gasteiger partial charge in [0.2, 0.25) is 0 Å². The van der Waals surface area contributed by atoms with Gasteiger partial charge in [0, 0.05) is 12.2 Å². The number of para-hydroxylation sites is 1. The molecule has 2 aromatic rings. The smallest absolute Gasteiger partial charge is 0.268 e. The minimum Gasteiger partial charge on any atom is -0.394 e. The molecule has 3 atom stereocenters. The second-order valence-corrected chi connectivity index (χ2v) is 8.29. The number of carbonyl (C=O) groups excluding carboxylic acids is 1. The molecule has 0 saturated heterocycles. The van der Waals surface area contributed by atoms with Crippen LogP contribution in [0.5, 0.6) is 0 Å². The van der Waals surface area contributed by atoms with Crippen LogP contribution < -0.4 is 15.6 Å². The van der Waals surface area contributed by atoms with Crippen molar-refractivity contribution in [2.45, 2.75) is 30.1 Å². The van der Waals surface area contributed by atoms with Gasteiger partial charge in [0.1, 0.15) is 12.2 Å². The number of anilines is 1. The fourth-order valence-electron chi connectivity index (χ4n) is 2.49. The molecule has 0 spiro atoms. The lowest BCUT2D eigenvalue weighted by Crippen LogP contribution is -2.43. The van der Waals surface area contributed by atoms with Gasteiger partial charge in [0.15, 0.2) is 0 Å². The molecule has 2 rings (SSSR count). The third-order valence-electron chi connectivity index (χ3n) is 4.28. The molecule has 1 amide bonds. The number of aliphatic hydroxyl groups excluding tert-OH is 4. The highest BCUT2D eigenvalue weighted by Crippen LogP contribution is 2.16. The van der Waals surface area contributed by atoms with E-state index in [1.165, 1.54) is 24.3 Å². The van der Waals surface area contributed by atoms with Crippen LogP contribution in [0.15, 0.2) is 53.4 Å². The first-order valence-corrected chi connectivity index (χ1v) is 10.5. The Hall–Kier alpha value is -2.54. The number of aliphatic hydroxyl groups is 4. The SMILES string of the molecule is Cc1ccc(S(=O)(=O)NNC(=O)c2ccccc2NC[C@H](O)[C@H](O)[C@H](O)CO)cc1. The van der Waals surface area contributed by atoms with Gasteiger partial charge in [-0.3, -0.25) is 10.2 Å². The van der Waals surface area contributed by atoms with Crippen LogP contribution in [-0.2, 0) is 10.0 Å². The highest BCUT2D eigenvalue weighted by Gasteiger charge is 2.24. The van der Waals surface area contributed by atoms with Crippen molar-refractivity contribution in [3.8, 4) is 0 Å². The number of benzene rings is 2. The summed E-state index contributed by atoms with van der Waals surface area (Å²) < 4.78 is 24.6. The number of rotatable bonds is 10. The molecule has 0 fully saturated rings. The lowest BCUT2D eigenvalue weighted by atomic mass is 10.1. The van der Waals surface area contributed by atoms with Gasteiger partial charge < -0.3 is 25.7 Å². The third-order valence-corrected chi connectivity index (χ3v) is 5.54. The summed E-state index contributed by atoms with van der Waals surface area (Å²) in [5.74, 6) is -0.751. The Balaban J connectivity index is 2.04. The van der Waals surface area contributed by atoms with Crippen LogP contribution in [0.1, 0.15) is 15.9 Å². The fraction of sp³-hybridized carbons (Fsp3) is 0.316. The van der Waals surface area contributed by atoms with E-state index < -0.39 is 40.8 Å². The van der Waals surface area contributed by atoms with Gasteiger partial charge in [-0.15, -0.1) is 4.83 Å². The maximum Gasteiger partial charge on any atom is 0.268 e. The van der Waals surface area contributed by atoms with Crippen molar-refractivity contribution in [2.75, 3.05) is 18.5 Å². The van der Waals surface area contributed by atoms with E-state index >= 15 is 0 Å². The molecule has 0 saturated carbocycles. The van der Waals surface area contributed by atoms with E-state index in [0.29, 0.717) is 0 Å². The standard InChI is InChI=1S/C19H25N3O7S/c1-12-6-8-13(9-7-12)30(28,29)22-21-19(27)14-4-2-3-5-15(14)20-10-16(24)18(26)17(25)11-23/h2-9,16-18,20,22-26H,10-11H2,1H3,(H,21,27)/t16-,17+,18-/m0/s1.